The summed E-state index contributed by atoms with van der Waals surface area (Å²) in [6.45, 7) is 2.17. The van der Waals surface area contributed by atoms with Gasteiger partial charge in [-0.2, -0.15) is 0 Å². The van der Waals surface area contributed by atoms with E-state index in [4.69, 9.17) is 4.42 Å². The predicted molar refractivity (Wildman–Crippen MR) is 101 cm³/mol. The van der Waals surface area contributed by atoms with E-state index in [0.29, 0.717) is 18.0 Å². The van der Waals surface area contributed by atoms with E-state index in [0.717, 1.165) is 37.0 Å². The highest BCUT2D eigenvalue weighted by atomic mass is 16.3. The van der Waals surface area contributed by atoms with Crippen LogP contribution in [0.25, 0.3) is 5.65 Å². The maximum absolute atomic E-state index is 12.5. The Morgan fingerprint density at radius 3 is 2.79 bits per heavy atom. The Balaban J connectivity index is 1.26. The molecule has 0 aromatic carbocycles. The molecule has 2 N–H and O–H groups in total. The van der Waals surface area contributed by atoms with Crippen molar-refractivity contribution in [2.24, 2.45) is 5.92 Å². The average Bonchev–Trinajstić information content (AvgIpc) is 3.33. The summed E-state index contributed by atoms with van der Waals surface area (Å²) in [7, 11) is 0. The number of carbonyl (C=O) groups excluding carboxylic acids is 2. The zero-order valence-electron chi connectivity index (χ0n) is 15.7. The monoisotopic (exact) mass is 381 g/mol. The van der Waals surface area contributed by atoms with Crippen LogP contribution in [0.15, 0.2) is 41.4 Å². The smallest absolute Gasteiger partial charge is 0.273 e. The van der Waals surface area contributed by atoms with Crippen molar-refractivity contribution >= 4 is 17.5 Å². The minimum Gasteiger partial charge on any atom is -0.448 e. The van der Waals surface area contributed by atoms with Gasteiger partial charge in [0.05, 0.1) is 18.4 Å². The number of oxazole rings is 1. The van der Waals surface area contributed by atoms with Gasteiger partial charge in [-0.25, -0.2) is 9.97 Å². The van der Waals surface area contributed by atoms with E-state index < -0.39 is 0 Å². The molecule has 8 heteroatoms. The van der Waals surface area contributed by atoms with Crippen molar-refractivity contribution in [3.63, 3.8) is 0 Å². The third kappa shape index (κ3) is 3.76. The molecule has 8 nitrogen and oxygen atoms in total. The summed E-state index contributed by atoms with van der Waals surface area (Å²) in [5.41, 5.74) is 2.14. The molecule has 28 heavy (non-hydrogen) atoms. The standard InChI is InChI=1S/C20H23N5O3/c1-13-18(23-12-28-13)20(27)24-15-7-5-14(6-8-15)19(26)22-11-16-10-21-17-4-2-3-9-25(16)17/h2-4,9-10,12,14-15H,5-8,11H2,1H3,(H,22,26)(H,24,27). The number of amides is 2. The number of hydrogen-bond donors (Lipinski definition) is 2. The second-order valence-corrected chi connectivity index (χ2v) is 7.18. The minimum absolute atomic E-state index is 0.0267. The van der Waals surface area contributed by atoms with Crippen molar-refractivity contribution in [1.29, 1.82) is 0 Å². The lowest BCUT2D eigenvalue weighted by molar-refractivity contribution is -0.126. The van der Waals surface area contributed by atoms with Crippen LogP contribution in [-0.4, -0.2) is 32.2 Å². The van der Waals surface area contributed by atoms with Crippen LogP contribution in [0.4, 0.5) is 0 Å². The molecule has 0 aliphatic heterocycles. The molecule has 3 heterocycles. The molecule has 0 unspecified atom stereocenters. The van der Waals surface area contributed by atoms with Crippen molar-refractivity contribution in [1.82, 2.24) is 25.0 Å². The van der Waals surface area contributed by atoms with Gasteiger partial charge in [-0.3, -0.25) is 9.59 Å². The highest BCUT2D eigenvalue weighted by Gasteiger charge is 2.28. The number of nitrogens with zero attached hydrogens (tertiary/aromatic N) is 3. The Hall–Kier alpha value is -3.16. The maximum Gasteiger partial charge on any atom is 0.273 e. The van der Waals surface area contributed by atoms with E-state index in [1.54, 1.807) is 13.1 Å². The van der Waals surface area contributed by atoms with Gasteiger partial charge in [0.25, 0.3) is 5.91 Å². The first-order valence-corrected chi connectivity index (χ1v) is 9.51. The van der Waals surface area contributed by atoms with E-state index in [2.05, 4.69) is 20.6 Å². The third-order valence-corrected chi connectivity index (χ3v) is 5.33. The summed E-state index contributed by atoms with van der Waals surface area (Å²) < 4.78 is 7.05. The van der Waals surface area contributed by atoms with Gasteiger partial charge in [0, 0.05) is 18.2 Å². The Kier molecular flexibility index (Phi) is 5.10. The van der Waals surface area contributed by atoms with Crippen molar-refractivity contribution < 1.29 is 14.0 Å². The lowest BCUT2D eigenvalue weighted by atomic mass is 9.85. The van der Waals surface area contributed by atoms with Crippen LogP contribution in [-0.2, 0) is 11.3 Å². The number of aryl methyl sites for hydroxylation is 1. The van der Waals surface area contributed by atoms with Crippen molar-refractivity contribution in [2.75, 3.05) is 0 Å². The van der Waals surface area contributed by atoms with Gasteiger partial charge in [-0.1, -0.05) is 6.07 Å². The molecule has 3 aromatic heterocycles. The SMILES string of the molecule is Cc1ocnc1C(=O)NC1CCC(C(=O)NCc2cnc3ccccn23)CC1. The molecule has 4 rings (SSSR count). The fraction of sp³-hybridized carbons (Fsp3) is 0.400. The maximum atomic E-state index is 12.5. The molecule has 0 spiro atoms. The summed E-state index contributed by atoms with van der Waals surface area (Å²) >= 11 is 0. The van der Waals surface area contributed by atoms with Crippen molar-refractivity contribution in [2.45, 2.75) is 45.2 Å². The number of rotatable bonds is 5. The summed E-state index contributed by atoms with van der Waals surface area (Å²) in [6, 6.07) is 5.87. The zero-order chi connectivity index (χ0) is 19.5. The summed E-state index contributed by atoms with van der Waals surface area (Å²) in [5, 5.41) is 6.01. The highest BCUT2D eigenvalue weighted by Crippen LogP contribution is 2.25. The normalized spacial score (nSPS) is 19.5. The quantitative estimate of drug-likeness (QED) is 0.706. The zero-order valence-corrected chi connectivity index (χ0v) is 15.7. The third-order valence-electron chi connectivity index (χ3n) is 5.33. The largest absolute Gasteiger partial charge is 0.448 e. The number of imidazole rings is 1. The van der Waals surface area contributed by atoms with Gasteiger partial charge in [-0.15, -0.1) is 0 Å². The molecule has 0 atom stereocenters. The lowest BCUT2D eigenvalue weighted by Crippen LogP contribution is -2.41. The van der Waals surface area contributed by atoms with Crippen molar-refractivity contribution in [3.8, 4) is 0 Å². The number of carbonyl (C=O) groups is 2. The first-order chi connectivity index (χ1) is 13.6. The molecule has 1 aliphatic carbocycles. The van der Waals surface area contributed by atoms with Crippen LogP contribution >= 0.6 is 0 Å². The van der Waals surface area contributed by atoms with Crippen LogP contribution < -0.4 is 10.6 Å². The number of fused-ring (bicyclic) bond motifs is 1. The van der Waals surface area contributed by atoms with Gasteiger partial charge < -0.3 is 19.5 Å². The molecule has 1 aliphatic rings. The molecule has 3 aromatic rings. The van der Waals surface area contributed by atoms with Crippen LogP contribution in [0.3, 0.4) is 0 Å². The average molecular weight is 381 g/mol. The molecule has 0 saturated heterocycles. The van der Waals surface area contributed by atoms with Crippen LogP contribution in [0.5, 0.6) is 0 Å². The Labute approximate surface area is 162 Å². The van der Waals surface area contributed by atoms with Gasteiger partial charge >= 0.3 is 0 Å². The fourth-order valence-corrected chi connectivity index (χ4v) is 3.71. The molecular weight excluding hydrogens is 358 g/mol. The first kappa shape index (κ1) is 18.2. The Bertz CT molecular complexity index is 985. The number of pyridine rings is 1. The van der Waals surface area contributed by atoms with E-state index >= 15 is 0 Å². The topological polar surface area (TPSA) is 102 Å². The van der Waals surface area contributed by atoms with Crippen molar-refractivity contribution in [3.05, 3.63) is 54.1 Å². The summed E-state index contributed by atoms with van der Waals surface area (Å²) in [6.07, 6.45) is 8.05. The molecule has 1 fully saturated rings. The summed E-state index contributed by atoms with van der Waals surface area (Å²) in [5.74, 6) is 0.328. The molecular formula is C20H23N5O3. The fourth-order valence-electron chi connectivity index (χ4n) is 3.71. The van der Waals surface area contributed by atoms with Gasteiger partial charge in [-0.05, 0) is 44.7 Å². The summed E-state index contributed by atoms with van der Waals surface area (Å²) in [4.78, 5) is 33.0. The van der Waals surface area contributed by atoms with E-state index in [9.17, 15) is 9.59 Å². The second kappa shape index (κ2) is 7.84. The van der Waals surface area contributed by atoms with Crippen LogP contribution in [0, 0.1) is 12.8 Å². The highest BCUT2D eigenvalue weighted by molar-refractivity contribution is 5.93. The van der Waals surface area contributed by atoms with E-state index in [1.807, 2.05) is 28.8 Å². The molecule has 1 saturated carbocycles. The molecule has 0 radical (unpaired) electrons. The number of aromatic nitrogens is 3. The van der Waals surface area contributed by atoms with Crippen LogP contribution in [0.2, 0.25) is 0 Å². The van der Waals surface area contributed by atoms with E-state index in [1.165, 1.54) is 6.39 Å². The predicted octanol–water partition coefficient (Wildman–Crippen LogP) is 2.24. The van der Waals surface area contributed by atoms with Crippen LogP contribution in [0.1, 0.15) is 47.6 Å². The number of nitrogens with one attached hydrogen (secondary N) is 2. The minimum atomic E-state index is -0.216. The van der Waals surface area contributed by atoms with Gasteiger partial charge in [0.1, 0.15) is 11.4 Å². The molecule has 0 bridgehead atoms. The molecule has 146 valence electrons. The van der Waals surface area contributed by atoms with Gasteiger partial charge in [0.15, 0.2) is 12.1 Å². The number of hydrogen-bond acceptors (Lipinski definition) is 5. The Morgan fingerprint density at radius 2 is 2.04 bits per heavy atom. The van der Waals surface area contributed by atoms with E-state index in [-0.39, 0.29) is 23.8 Å². The Morgan fingerprint density at radius 1 is 1.21 bits per heavy atom. The van der Waals surface area contributed by atoms with Gasteiger partial charge in [0.2, 0.25) is 5.91 Å². The first-order valence-electron chi connectivity index (χ1n) is 9.51. The molecule has 2 amide bonds. The lowest BCUT2D eigenvalue weighted by Gasteiger charge is -2.28. The second-order valence-electron chi connectivity index (χ2n) is 7.18.